The average molecular weight is 508 g/mol. The van der Waals surface area contributed by atoms with Crippen LogP contribution in [0.25, 0.3) is 0 Å². The fraction of sp³-hybridized carbons (Fsp3) is 0.632. The molecule has 0 amide bonds. The maximum atomic E-state index is 12.5. The lowest BCUT2D eigenvalue weighted by atomic mass is 9.67. The molecule has 0 heterocycles. The SMILES string of the molecule is CCNC(=NCc1ccccc1S(=O)(=O)N(C)C)NCC1(CC)CCC1.I. The molecule has 0 aromatic heterocycles. The predicted octanol–water partition coefficient (Wildman–Crippen LogP) is 3.19. The first-order valence-corrected chi connectivity index (χ1v) is 10.8. The van der Waals surface area contributed by atoms with Gasteiger partial charge in [0.1, 0.15) is 0 Å². The van der Waals surface area contributed by atoms with E-state index in [4.69, 9.17) is 0 Å². The van der Waals surface area contributed by atoms with Crippen LogP contribution in [0.5, 0.6) is 0 Å². The molecule has 1 aromatic rings. The van der Waals surface area contributed by atoms with Crippen LogP contribution in [-0.4, -0.2) is 45.9 Å². The lowest BCUT2D eigenvalue weighted by Crippen LogP contribution is -2.46. The second kappa shape index (κ2) is 10.6. The maximum absolute atomic E-state index is 12.5. The molecule has 0 atom stereocenters. The van der Waals surface area contributed by atoms with Crippen molar-refractivity contribution in [2.24, 2.45) is 10.4 Å². The first-order valence-electron chi connectivity index (χ1n) is 9.37. The number of halogens is 1. The Hall–Kier alpha value is -0.870. The Morgan fingerprint density at radius 3 is 2.37 bits per heavy atom. The Balaban J connectivity index is 0.00000364. The molecule has 2 N–H and O–H groups in total. The smallest absolute Gasteiger partial charge is 0.242 e. The first-order chi connectivity index (χ1) is 12.3. The minimum Gasteiger partial charge on any atom is -0.357 e. The fourth-order valence-electron chi connectivity index (χ4n) is 3.19. The van der Waals surface area contributed by atoms with Gasteiger partial charge in [0.2, 0.25) is 10.0 Å². The van der Waals surface area contributed by atoms with Crippen molar-refractivity contribution in [2.75, 3.05) is 27.2 Å². The van der Waals surface area contributed by atoms with Crippen LogP contribution >= 0.6 is 24.0 Å². The van der Waals surface area contributed by atoms with Crippen molar-refractivity contribution in [3.63, 3.8) is 0 Å². The molecule has 0 saturated heterocycles. The van der Waals surface area contributed by atoms with Gasteiger partial charge in [-0.3, -0.25) is 0 Å². The molecule has 0 aliphatic heterocycles. The maximum Gasteiger partial charge on any atom is 0.242 e. The molecule has 1 fully saturated rings. The van der Waals surface area contributed by atoms with Crippen LogP contribution in [0.4, 0.5) is 0 Å². The Morgan fingerprint density at radius 1 is 1.19 bits per heavy atom. The molecule has 0 radical (unpaired) electrons. The molecular weight excluding hydrogens is 475 g/mol. The van der Waals surface area contributed by atoms with E-state index in [2.05, 4.69) is 22.5 Å². The van der Waals surface area contributed by atoms with E-state index in [1.54, 1.807) is 26.2 Å². The van der Waals surface area contributed by atoms with E-state index in [0.717, 1.165) is 19.0 Å². The lowest BCUT2D eigenvalue weighted by molar-refractivity contribution is 0.131. The molecule has 1 aliphatic rings. The Bertz CT molecular complexity index is 725. The summed E-state index contributed by atoms with van der Waals surface area (Å²) >= 11 is 0. The zero-order chi connectivity index (χ0) is 19.2. The van der Waals surface area contributed by atoms with E-state index in [9.17, 15) is 8.42 Å². The summed E-state index contributed by atoms with van der Waals surface area (Å²) in [5.41, 5.74) is 1.09. The van der Waals surface area contributed by atoms with Gasteiger partial charge in [0.15, 0.2) is 5.96 Å². The summed E-state index contributed by atoms with van der Waals surface area (Å²) in [6.45, 7) is 6.27. The molecule has 1 aliphatic carbocycles. The van der Waals surface area contributed by atoms with Crippen molar-refractivity contribution in [2.45, 2.75) is 51.0 Å². The number of rotatable bonds is 8. The van der Waals surface area contributed by atoms with Crippen LogP contribution in [0.15, 0.2) is 34.2 Å². The summed E-state index contributed by atoms with van der Waals surface area (Å²) in [4.78, 5) is 4.94. The highest BCUT2D eigenvalue weighted by molar-refractivity contribution is 14.0. The molecule has 154 valence electrons. The summed E-state index contributed by atoms with van der Waals surface area (Å²) < 4.78 is 26.3. The topological polar surface area (TPSA) is 73.8 Å². The van der Waals surface area contributed by atoms with Crippen LogP contribution < -0.4 is 10.6 Å². The van der Waals surface area contributed by atoms with E-state index < -0.39 is 10.0 Å². The summed E-state index contributed by atoms with van der Waals surface area (Å²) in [6.07, 6.45) is 5.00. The van der Waals surface area contributed by atoms with Gasteiger partial charge in [-0.25, -0.2) is 17.7 Å². The van der Waals surface area contributed by atoms with Gasteiger partial charge >= 0.3 is 0 Å². The Morgan fingerprint density at radius 2 is 1.85 bits per heavy atom. The van der Waals surface area contributed by atoms with Crippen LogP contribution in [0, 0.1) is 5.41 Å². The average Bonchev–Trinajstić information content (AvgIpc) is 2.59. The first kappa shape index (κ1) is 24.2. The van der Waals surface area contributed by atoms with E-state index in [-0.39, 0.29) is 24.0 Å². The van der Waals surface area contributed by atoms with Gasteiger partial charge in [-0.2, -0.15) is 0 Å². The predicted molar refractivity (Wildman–Crippen MR) is 122 cm³/mol. The third-order valence-electron chi connectivity index (χ3n) is 5.28. The number of benzene rings is 1. The van der Waals surface area contributed by atoms with Crippen LogP contribution in [0.1, 0.15) is 45.1 Å². The molecule has 0 unspecified atom stereocenters. The lowest BCUT2D eigenvalue weighted by Gasteiger charge is -2.41. The van der Waals surface area contributed by atoms with Gasteiger partial charge in [0.05, 0.1) is 11.4 Å². The van der Waals surface area contributed by atoms with Crippen molar-refractivity contribution in [1.82, 2.24) is 14.9 Å². The van der Waals surface area contributed by atoms with Crippen molar-refractivity contribution >= 4 is 40.0 Å². The fourth-order valence-corrected chi connectivity index (χ4v) is 4.30. The van der Waals surface area contributed by atoms with Crippen LogP contribution in [0.2, 0.25) is 0 Å². The molecular formula is C19H33IN4O2S. The quantitative estimate of drug-likeness (QED) is 0.322. The number of nitrogens with one attached hydrogen (secondary N) is 2. The number of aliphatic imine (C=N–C) groups is 1. The third kappa shape index (κ3) is 6.05. The van der Waals surface area contributed by atoms with Gasteiger partial charge < -0.3 is 10.6 Å². The molecule has 0 spiro atoms. The number of sulfonamides is 1. The van der Waals surface area contributed by atoms with E-state index in [0.29, 0.717) is 22.4 Å². The zero-order valence-electron chi connectivity index (χ0n) is 16.8. The van der Waals surface area contributed by atoms with Gasteiger partial charge in [0.25, 0.3) is 0 Å². The molecule has 27 heavy (non-hydrogen) atoms. The molecule has 2 rings (SSSR count). The van der Waals surface area contributed by atoms with Crippen molar-refractivity contribution < 1.29 is 8.42 Å². The summed E-state index contributed by atoms with van der Waals surface area (Å²) in [6, 6.07) is 7.05. The number of guanidine groups is 1. The summed E-state index contributed by atoms with van der Waals surface area (Å²) in [5.74, 6) is 0.740. The van der Waals surface area contributed by atoms with Crippen molar-refractivity contribution in [3.8, 4) is 0 Å². The van der Waals surface area contributed by atoms with Crippen molar-refractivity contribution in [3.05, 3.63) is 29.8 Å². The third-order valence-corrected chi connectivity index (χ3v) is 7.19. The highest BCUT2D eigenvalue weighted by Gasteiger charge is 2.34. The highest BCUT2D eigenvalue weighted by atomic mass is 127. The number of hydrogen-bond donors (Lipinski definition) is 2. The Labute approximate surface area is 181 Å². The minimum atomic E-state index is -3.48. The molecule has 0 bridgehead atoms. The standard InChI is InChI=1S/C19H32N4O2S.HI/c1-5-19(12-9-13-19)15-22-18(20-6-2)21-14-16-10-7-8-11-17(16)26(24,25)23(3)4;/h7-8,10-11H,5-6,9,12-15H2,1-4H3,(H2,20,21,22);1H. The molecule has 1 saturated carbocycles. The van der Waals surface area contributed by atoms with Gasteiger partial charge in [0, 0.05) is 27.2 Å². The van der Waals surface area contributed by atoms with Gasteiger partial charge in [-0.15, -0.1) is 24.0 Å². The van der Waals surface area contributed by atoms with Gasteiger partial charge in [-0.1, -0.05) is 31.5 Å². The van der Waals surface area contributed by atoms with E-state index >= 15 is 0 Å². The second-order valence-corrected chi connectivity index (χ2v) is 9.27. The molecule has 1 aromatic carbocycles. The summed E-state index contributed by atoms with van der Waals surface area (Å²) in [7, 11) is -0.388. The number of hydrogen-bond acceptors (Lipinski definition) is 3. The minimum absolute atomic E-state index is 0. The van der Waals surface area contributed by atoms with E-state index in [1.807, 2.05) is 19.1 Å². The highest BCUT2D eigenvalue weighted by Crippen LogP contribution is 2.42. The van der Waals surface area contributed by atoms with Crippen molar-refractivity contribution in [1.29, 1.82) is 0 Å². The molecule has 8 heteroatoms. The number of nitrogens with zero attached hydrogens (tertiary/aromatic N) is 2. The van der Waals surface area contributed by atoms with E-state index in [1.165, 1.54) is 30.0 Å². The van der Waals surface area contributed by atoms with Crippen LogP contribution in [-0.2, 0) is 16.6 Å². The largest absolute Gasteiger partial charge is 0.357 e. The van der Waals surface area contributed by atoms with Gasteiger partial charge in [-0.05, 0) is 43.2 Å². The van der Waals surface area contributed by atoms with Crippen LogP contribution in [0.3, 0.4) is 0 Å². The zero-order valence-corrected chi connectivity index (χ0v) is 19.9. The summed E-state index contributed by atoms with van der Waals surface area (Å²) in [5, 5.41) is 6.70. The Kier molecular flexibility index (Phi) is 9.50. The normalized spacial score (nSPS) is 16.4. The second-order valence-electron chi connectivity index (χ2n) is 7.15. The molecule has 6 nitrogen and oxygen atoms in total. The monoisotopic (exact) mass is 508 g/mol.